The topological polar surface area (TPSA) is 148 Å². The van der Waals surface area contributed by atoms with Gasteiger partial charge in [-0.2, -0.15) is 0 Å². The summed E-state index contributed by atoms with van der Waals surface area (Å²) in [4.78, 5) is 65.7. The second-order valence-corrected chi connectivity index (χ2v) is 12.4. The third kappa shape index (κ3) is 7.02. The number of ketones is 1. The number of hydrogen-bond donors (Lipinski definition) is 3. The molecule has 0 aromatic carbocycles. The molecule has 3 aliphatic rings. The first-order chi connectivity index (χ1) is 17.2. The fourth-order valence-electron chi connectivity index (χ4n) is 6.00. The van der Waals surface area contributed by atoms with Crippen molar-refractivity contribution in [1.29, 1.82) is 0 Å². The molecule has 10 nitrogen and oxygen atoms in total. The molecule has 0 spiro atoms. The van der Waals surface area contributed by atoms with Crippen molar-refractivity contribution in [2.75, 3.05) is 6.54 Å². The molecule has 2 saturated heterocycles. The first-order valence-electron chi connectivity index (χ1n) is 13.7. The van der Waals surface area contributed by atoms with Crippen molar-refractivity contribution < 1.29 is 28.7 Å². The van der Waals surface area contributed by atoms with Crippen molar-refractivity contribution in [2.45, 2.75) is 116 Å². The summed E-state index contributed by atoms with van der Waals surface area (Å²) in [5.41, 5.74) is 4.43. The number of carbonyl (C=O) groups is 5. The molecule has 5 atom stereocenters. The Hall–Kier alpha value is -2.65. The van der Waals surface area contributed by atoms with Crippen LogP contribution in [0.5, 0.6) is 0 Å². The zero-order valence-corrected chi connectivity index (χ0v) is 22.9. The second-order valence-electron chi connectivity index (χ2n) is 12.4. The molecule has 2 aliphatic heterocycles. The van der Waals surface area contributed by atoms with E-state index >= 15 is 0 Å². The molecule has 0 aromatic rings. The van der Waals surface area contributed by atoms with Gasteiger partial charge in [0.25, 0.3) is 5.91 Å². The highest BCUT2D eigenvalue weighted by Crippen LogP contribution is 2.65. The van der Waals surface area contributed by atoms with Crippen molar-refractivity contribution >= 4 is 29.6 Å². The van der Waals surface area contributed by atoms with Crippen molar-refractivity contribution in [2.24, 2.45) is 23.0 Å². The molecule has 0 bridgehead atoms. The van der Waals surface area contributed by atoms with Crippen molar-refractivity contribution in [3.05, 3.63) is 0 Å². The van der Waals surface area contributed by atoms with E-state index < -0.39 is 47.4 Å². The van der Waals surface area contributed by atoms with Crippen molar-refractivity contribution in [3.8, 4) is 0 Å². The fraction of sp³-hybridized carbons (Fsp3) is 0.815. The molecular formula is C27H44N4O6. The minimum absolute atomic E-state index is 0.0677. The van der Waals surface area contributed by atoms with Gasteiger partial charge in [0.1, 0.15) is 17.7 Å². The number of nitrogens with two attached hydrogens (primary N) is 1. The summed E-state index contributed by atoms with van der Waals surface area (Å²) in [5, 5.41) is 5.51. The number of rotatable bonds is 3. The van der Waals surface area contributed by atoms with E-state index in [9.17, 15) is 24.0 Å². The molecule has 3 fully saturated rings. The molecule has 0 radical (unpaired) electrons. The third-order valence-corrected chi connectivity index (χ3v) is 8.11. The highest BCUT2D eigenvalue weighted by atomic mass is 16.6. The van der Waals surface area contributed by atoms with Crippen molar-refractivity contribution in [1.82, 2.24) is 15.5 Å². The van der Waals surface area contributed by atoms with E-state index in [2.05, 4.69) is 24.5 Å². The SMILES string of the molecule is CC(C)(C)OC(=O)N[C@H]1CCCCCCCCC[C@@H](C(=O)C(N)=O)NC(=O)[C@@H]2[C@@H]3[C@H](CN2C1=O)C3(C)C. The summed E-state index contributed by atoms with van der Waals surface area (Å²) in [6.07, 6.45) is 6.35. The number of nitrogens with zero attached hydrogens (tertiary/aromatic N) is 1. The lowest BCUT2D eigenvalue weighted by molar-refractivity contribution is -0.143. The molecule has 4 N–H and O–H groups in total. The number of carbonyl (C=O) groups excluding carboxylic acids is 5. The smallest absolute Gasteiger partial charge is 0.408 e. The molecule has 1 saturated carbocycles. The summed E-state index contributed by atoms with van der Waals surface area (Å²) in [5.74, 6) is -2.59. The Kier molecular flexibility index (Phi) is 8.90. The van der Waals surface area contributed by atoms with Gasteiger partial charge in [0, 0.05) is 6.54 Å². The Bertz CT molecular complexity index is 911. The summed E-state index contributed by atoms with van der Waals surface area (Å²) in [7, 11) is 0. The number of ether oxygens (including phenoxy) is 1. The average Bonchev–Trinajstić information content (AvgIpc) is 3.12. The number of fused-ring (bicyclic) bond motifs is 3. The molecule has 1 aliphatic carbocycles. The fourth-order valence-corrected chi connectivity index (χ4v) is 6.00. The van der Waals surface area contributed by atoms with Crippen LogP contribution < -0.4 is 16.4 Å². The molecule has 0 unspecified atom stereocenters. The Morgan fingerprint density at radius 3 is 2.14 bits per heavy atom. The number of Topliss-reactive ketones (excluding diaryl/α,β-unsaturated/α-hetero) is 1. The lowest BCUT2D eigenvalue weighted by atomic mass is 9.97. The Morgan fingerprint density at radius 2 is 1.57 bits per heavy atom. The van der Waals surface area contributed by atoms with Crippen LogP contribution in [0.25, 0.3) is 0 Å². The van der Waals surface area contributed by atoms with Crippen LogP contribution in [0.3, 0.4) is 0 Å². The van der Waals surface area contributed by atoms with Crippen LogP contribution in [0.15, 0.2) is 0 Å². The average molecular weight is 521 g/mol. The van der Waals surface area contributed by atoms with Crippen LogP contribution in [0.4, 0.5) is 4.79 Å². The summed E-state index contributed by atoms with van der Waals surface area (Å²) in [6.45, 7) is 9.81. The third-order valence-electron chi connectivity index (χ3n) is 8.11. The summed E-state index contributed by atoms with van der Waals surface area (Å²) >= 11 is 0. The number of nitrogens with one attached hydrogen (secondary N) is 2. The number of hydrogen-bond acceptors (Lipinski definition) is 6. The van der Waals surface area contributed by atoms with Gasteiger partial charge in [0.2, 0.25) is 17.6 Å². The van der Waals surface area contributed by atoms with E-state index in [0.717, 1.165) is 38.5 Å². The van der Waals surface area contributed by atoms with E-state index in [0.29, 0.717) is 25.8 Å². The molecule has 37 heavy (non-hydrogen) atoms. The zero-order chi connectivity index (χ0) is 27.5. The summed E-state index contributed by atoms with van der Waals surface area (Å²) < 4.78 is 5.41. The number of alkyl carbamates (subject to hydrolysis) is 1. The van der Waals surface area contributed by atoms with Gasteiger partial charge in [-0.25, -0.2) is 4.79 Å². The van der Waals surface area contributed by atoms with E-state index in [1.165, 1.54) is 0 Å². The van der Waals surface area contributed by atoms with Crippen LogP contribution in [0.2, 0.25) is 0 Å². The van der Waals surface area contributed by atoms with Gasteiger partial charge in [-0.05, 0) is 50.9 Å². The normalized spacial score (nSPS) is 30.9. The second kappa shape index (κ2) is 11.4. The molecule has 2 heterocycles. The van der Waals surface area contributed by atoms with Crippen LogP contribution in [-0.4, -0.2) is 64.8 Å². The van der Waals surface area contributed by atoms with Crippen LogP contribution in [0, 0.1) is 17.3 Å². The Morgan fingerprint density at radius 1 is 1.00 bits per heavy atom. The Labute approximate surface area is 219 Å². The van der Waals surface area contributed by atoms with Crippen molar-refractivity contribution in [3.63, 3.8) is 0 Å². The first kappa shape index (κ1) is 28.9. The van der Waals surface area contributed by atoms with Gasteiger partial charge in [-0.15, -0.1) is 0 Å². The maximum absolute atomic E-state index is 13.8. The maximum atomic E-state index is 13.8. The van der Waals surface area contributed by atoms with E-state index in [-0.39, 0.29) is 23.2 Å². The Balaban J connectivity index is 1.86. The number of piperidine rings is 1. The minimum atomic E-state index is -1.08. The molecule has 10 heteroatoms. The van der Waals surface area contributed by atoms with Gasteiger partial charge in [-0.1, -0.05) is 58.8 Å². The van der Waals surface area contributed by atoms with E-state index in [4.69, 9.17) is 10.5 Å². The predicted octanol–water partition coefficient (Wildman–Crippen LogP) is 2.43. The largest absolute Gasteiger partial charge is 0.444 e. The molecular weight excluding hydrogens is 476 g/mol. The maximum Gasteiger partial charge on any atom is 0.408 e. The lowest BCUT2D eigenvalue weighted by Gasteiger charge is -2.34. The van der Waals surface area contributed by atoms with Crippen LogP contribution >= 0.6 is 0 Å². The molecule has 208 valence electrons. The minimum Gasteiger partial charge on any atom is -0.444 e. The molecule has 0 aromatic heterocycles. The quantitative estimate of drug-likeness (QED) is 0.487. The van der Waals surface area contributed by atoms with Gasteiger partial charge in [0.05, 0.1) is 6.04 Å². The van der Waals surface area contributed by atoms with Crippen LogP contribution in [0.1, 0.15) is 92.4 Å². The molecule has 4 amide bonds. The highest BCUT2D eigenvalue weighted by Gasteiger charge is 2.69. The predicted molar refractivity (Wildman–Crippen MR) is 137 cm³/mol. The zero-order valence-electron chi connectivity index (χ0n) is 22.9. The number of amides is 4. The first-order valence-corrected chi connectivity index (χ1v) is 13.7. The van der Waals surface area contributed by atoms with Gasteiger partial charge in [0.15, 0.2) is 0 Å². The van der Waals surface area contributed by atoms with Gasteiger partial charge in [-0.3, -0.25) is 19.2 Å². The van der Waals surface area contributed by atoms with Gasteiger partial charge >= 0.3 is 6.09 Å². The van der Waals surface area contributed by atoms with Crippen LogP contribution in [-0.2, 0) is 23.9 Å². The number of primary amides is 1. The highest BCUT2D eigenvalue weighted by molar-refractivity contribution is 6.37. The summed E-state index contributed by atoms with van der Waals surface area (Å²) in [6, 6.07) is -2.61. The monoisotopic (exact) mass is 520 g/mol. The van der Waals surface area contributed by atoms with E-state index in [1.54, 1.807) is 25.7 Å². The molecule has 3 rings (SSSR count). The van der Waals surface area contributed by atoms with E-state index in [1.807, 2.05) is 0 Å². The van der Waals surface area contributed by atoms with Gasteiger partial charge < -0.3 is 26.0 Å². The standard InChI is InChI=1S/C27H44N4O6/c1-26(2,3)37-25(36)30-18-14-12-10-8-6-7-9-11-13-17(21(32)22(28)33)29-23(34)20-19-16(27(19,4)5)15-31(20)24(18)35/h16-20H,6-15H2,1-5H3,(H2,28,33)(H,29,34)(H,30,36)/t16-,17-,18-,19-,20-/m0/s1. The lowest BCUT2D eigenvalue weighted by Crippen LogP contribution is -2.58.